The predicted molar refractivity (Wildman–Crippen MR) is 99.6 cm³/mol. The van der Waals surface area contributed by atoms with E-state index < -0.39 is 0 Å². The molecule has 0 aliphatic carbocycles. The van der Waals surface area contributed by atoms with Crippen LogP contribution < -0.4 is 10.1 Å². The molecule has 0 spiro atoms. The van der Waals surface area contributed by atoms with E-state index in [1.165, 1.54) is 0 Å². The molecule has 134 valence electrons. The molecule has 0 aliphatic heterocycles. The fourth-order valence-corrected chi connectivity index (χ4v) is 2.68. The van der Waals surface area contributed by atoms with Crippen LogP contribution in [0.2, 0.25) is 0 Å². The van der Waals surface area contributed by atoms with Crippen LogP contribution in [0.15, 0.2) is 48.5 Å². The zero-order valence-corrected chi connectivity index (χ0v) is 14.9. The van der Waals surface area contributed by atoms with Crippen molar-refractivity contribution in [3.05, 3.63) is 59.7 Å². The molecule has 5 heteroatoms. The van der Waals surface area contributed by atoms with Crippen molar-refractivity contribution < 1.29 is 14.6 Å². The maximum Gasteiger partial charge on any atom is 0.238 e. The van der Waals surface area contributed by atoms with Gasteiger partial charge in [0.25, 0.3) is 0 Å². The van der Waals surface area contributed by atoms with Gasteiger partial charge in [-0.1, -0.05) is 43.3 Å². The average molecular weight is 342 g/mol. The molecule has 2 aromatic rings. The minimum atomic E-state index is -0.0649. The van der Waals surface area contributed by atoms with Gasteiger partial charge >= 0.3 is 0 Å². The maximum absolute atomic E-state index is 12.4. The molecular formula is C20H26N2O3. The van der Waals surface area contributed by atoms with Gasteiger partial charge in [-0.25, -0.2) is 0 Å². The second-order valence-corrected chi connectivity index (χ2v) is 5.93. The Morgan fingerprint density at radius 2 is 1.80 bits per heavy atom. The summed E-state index contributed by atoms with van der Waals surface area (Å²) in [6.07, 6.45) is 0.969. The summed E-state index contributed by atoms with van der Waals surface area (Å²) in [6.45, 7) is 3.98. The van der Waals surface area contributed by atoms with Gasteiger partial charge < -0.3 is 15.2 Å². The van der Waals surface area contributed by atoms with Crippen LogP contribution >= 0.6 is 0 Å². The van der Waals surface area contributed by atoms with Crippen LogP contribution in [0.4, 0.5) is 5.69 Å². The first-order chi connectivity index (χ1) is 12.2. The molecule has 5 nitrogen and oxygen atoms in total. The number of nitrogens with zero attached hydrogens (tertiary/aromatic N) is 1. The first-order valence-electron chi connectivity index (χ1n) is 8.50. The molecular weight excluding hydrogens is 316 g/mol. The summed E-state index contributed by atoms with van der Waals surface area (Å²) in [4.78, 5) is 14.5. The quantitative estimate of drug-likeness (QED) is 0.735. The first kappa shape index (κ1) is 19.0. The molecule has 0 saturated carbocycles. The summed E-state index contributed by atoms with van der Waals surface area (Å²) < 4.78 is 5.27. The Morgan fingerprint density at radius 3 is 2.44 bits per heavy atom. The number of anilines is 1. The molecule has 0 unspecified atom stereocenters. The summed E-state index contributed by atoms with van der Waals surface area (Å²) in [5, 5.41) is 12.0. The zero-order chi connectivity index (χ0) is 18.1. The Labute approximate surface area is 149 Å². The van der Waals surface area contributed by atoms with Gasteiger partial charge in [0.15, 0.2) is 0 Å². The van der Waals surface area contributed by atoms with Crippen molar-refractivity contribution in [3.8, 4) is 5.75 Å². The van der Waals surface area contributed by atoms with Gasteiger partial charge in [-0.15, -0.1) is 0 Å². The molecule has 2 aromatic carbocycles. The number of methoxy groups -OCH3 is 1. The number of nitrogens with one attached hydrogen (secondary N) is 1. The lowest BCUT2D eigenvalue weighted by Gasteiger charge is -2.21. The molecule has 1 amide bonds. The molecule has 25 heavy (non-hydrogen) atoms. The second-order valence-electron chi connectivity index (χ2n) is 5.93. The zero-order valence-electron chi connectivity index (χ0n) is 14.9. The van der Waals surface area contributed by atoms with E-state index >= 15 is 0 Å². The molecule has 0 aliphatic rings. The molecule has 0 bridgehead atoms. The van der Waals surface area contributed by atoms with Crippen LogP contribution in [0, 0.1) is 0 Å². The molecule has 0 aromatic heterocycles. The molecule has 0 heterocycles. The lowest BCUT2D eigenvalue weighted by atomic mass is 10.1. The van der Waals surface area contributed by atoms with Crippen LogP contribution in [-0.2, 0) is 17.9 Å². The monoisotopic (exact) mass is 342 g/mol. The van der Waals surface area contributed by atoms with Crippen molar-refractivity contribution in [1.82, 2.24) is 4.90 Å². The topological polar surface area (TPSA) is 61.8 Å². The number of aliphatic hydroxyl groups excluding tert-OH is 1. The Balaban J connectivity index is 1.98. The number of amides is 1. The number of benzene rings is 2. The largest absolute Gasteiger partial charge is 0.495 e. The Bertz CT molecular complexity index is 671. The summed E-state index contributed by atoms with van der Waals surface area (Å²) in [7, 11) is 1.59. The van der Waals surface area contributed by atoms with E-state index in [-0.39, 0.29) is 12.5 Å². The van der Waals surface area contributed by atoms with Crippen molar-refractivity contribution in [2.75, 3.05) is 25.5 Å². The molecule has 0 atom stereocenters. The van der Waals surface area contributed by atoms with Crippen LogP contribution in [-0.4, -0.2) is 36.1 Å². The third-order valence-corrected chi connectivity index (χ3v) is 3.90. The Kier molecular flexibility index (Phi) is 7.44. The standard InChI is InChI=1S/C20H26N2O3/c1-3-12-22(13-16-8-10-17(15-23)11-9-16)14-20(24)21-18-6-4-5-7-19(18)25-2/h4-11,23H,3,12-15H2,1-2H3,(H,21,24). The van der Waals surface area contributed by atoms with Crippen molar-refractivity contribution in [2.24, 2.45) is 0 Å². The van der Waals surface area contributed by atoms with Gasteiger partial charge in [0.05, 0.1) is 25.9 Å². The van der Waals surface area contributed by atoms with Crippen molar-refractivity contribution in [1.29, 1.82) is 0 Å². The highest BCUT2D eigenvalue weighted by molar-refractivity contribution is 5.93. The lowest BCUT2D eigenvalue weighted by molar-refractivity contribution is -0.117. The number of carbonyl (C=O) groups is 1. The number of hydrogen-bond acceptors (Lipinski definition) is 4. The van der Waals surface area contributed by atoms with Crippen molar-refractivity contribution >= 4 is 11.6 Å². The Hall–Kier alpha value is -2.37. The maximum atomic E-state index is 12.4. The van der Waals surface area contributed by atoms with Crippen molar-refractivity contribution in [2.45, 2.75) is 26.5 Å². The number of hydrogen-bond donors (Lipinski definition) is 2. The fourth-order valence-electron chi connectivity index (χ4n) is 2.68. The highest BCUT2D eigenvalue weighted by Gasteiger charge is 2.12. The normalized spacial score (nSPS) is 10.7. The van der Waals surface area contributed by atoms with E-state index in [0.29, 0.717) is 24.5 Å². The summed E-state index contributed by atoms with van der Waals surface area (Å²) in [6, 6.07) is 15.2. The molecule has 0 saturated heterocycles. The van der Waals surface area contributed by atoms with E-state index in [4.69, 9.17) is 9.84 Å². The predicted octanol–water partition coefficient (Wildman–Crippen LogP) is 3.04. The van der Waals surface area contributed by atoms with E-state index in [2.05, 4.69) is 17.1 Å². The minimum absolute atomic E-state index is 0.0419. The number of ether oxygens (including phenoxy) is 1. The third-order valence-electron chi connectivity index (χ3n) is 3.90. The number of aliphatic hydroxyl groups is 1. The summed E-state index contributed by atoms with van der Waals surface area (Å²) in [5.41, 5.74) is 2.69. The second kappa shape index (κ2) is 9.81. The van der Waals surface area contributed by atoms with Gasteiger partial charge in [-0.2, -0.15) is 0 Å². The van der Waals surface area contributed by atoms with Crippen LogP contribution in [0.25, 0.3) is 0 Å². The molecule has 2 N–H and O–H groups in total. The van der Waals surface area contributed by atoms with Gasteiger partial charge in [-0.3, -0.25) is 9.69 Å². The summed E-state index contributed by atoms with van der Waals surface area (Å²) in [5.74, 6) is 0.586. The SMILES string of the molecule is CCCN(CC(=O)Nc1ccccc1OC)Cc1ccc(CO)cc1. The smallest absolute Gasteiger partial charge is 0.238 e. The Morgan fingerprint density at radius 1 is 1.12 bits per heavy atom. The molecule has 0 fully saturated rings. The number of carbonyl (C=O) groups excluding carboxylic acids is 1. The van der Waals surface area contributed by atoms with Gasteiger partial charge in [0, 0.05) is 6.54 Å². The molecule has 0 radical (unpaired) electrons. The minimum Gasteiger partial charge on any atom is -0.495 e. The third kappa shape index (κ3) is 5.89. The number of para-hydroxylation sites is 2. The van der Waals surface area contributed by atoms with Crippen LogP contribution in [0.3, 0.4) is 0 Å². The van der Waals surface area contributed by atoms with Gasteiger partial charge in [0.1, 0.15) is 5.75 Å². The van der Waals surface area contributed by atoms with Crippen LogP contribution in [0.5, 0.6) is 5.75 Å². The van der Waals surface area contributed by atoms with E-state index in [9.17, 15) is 4.79 Å². The average Bonchev–Trinajstić information content (AvgIpc) is 2.63. The van der Waals surface area contributed by atoms with E-state index in [1.54, 1.807) is 7.11 Å². The highest BCUT2D eigenvalue weighted by Crippen LogP contribution is 2.22. The highest BCUT2D eigenvalue weighted by atomic mass is 16.5. The van der Waals surface area contributed by atoms with Crippen LogP contribution in [0.1, 0.15) is 24.5 Å². The van der Waals surface area contributed by atoms with Gasteiger partial charge in [-0.05, 0) is 36.2 Å². The van der Waals surface area contributed by atoms with Gasteiger partial charge in [0.2, 0.25) is 5.91 Å². The van der Waals surface area contributed by atoms with Crippen molar-refractivity contribution in [3.63, 3.8) is 0 Å². The van der Waals surface area contributed by atoms with E-state index in [0.717, 1.165) is 24.1 Å². The fraction of sp³-hybridized carbons (Fsp3) is 0.350. The number of rotatable bonds is 9. The molecule has 2 rings (SSSR count). The van der Waals surface area contributed by atoms with E-state index in [1.807, 2.05) is 48.5 Å². The summed E-state index contributed by atoms with van der Waals surface area (Å²) >= 11 is 0. The lowest BCUT2D eigenvalue weighted by Crippen LogP contribution is -2.33. The first-order valence-corrected chi connectivity index (χ1v) is 8.50.